The van der Waals surface area contributed by atoms with Crippen LogP contribution in [0.3, 0.4) is 0 Å². The Balaban J connectivity index is 1.95. The summed E-state index contributed by atoms with van der Waals surface area (Å²) < 4.78 is 10.3. The predicted octanol–water partition coefficient (Wildman–Crippen LogP) is 5.71. The molecule has 1 rings (SSSR count). The van der Waals surface area contributed by atoms with E-state index < -0.39 is 0 Å². The Bertz CT molecular complexity index is 516. The number of unbranched alkanes of at least 4 members (excludes halogenated alkanes) is 6. The van der Waals surface area contributed by atoms with Crippen molar-refractivity contribution in [1.82, 2.24) is 0 Å². The van der Waals surface area contributed by atoms with Crippen LogP contribution in [0.2, 0.25) is 5.02 Å². The van der Waals surface area contributed by atoms with Crippen LogP contribution in [0.1, 0.15) is 71.1 Å². The lowest BCUT2D eigenvalue weighted by molar-refractivity contribution is -0.144. The maximum Gasteiger partial charge on any atom is 0.311 e. The van der Waals surface area contributed by atoms with Gasteiger partial charge in [0.2, 0.25) is 0 Å². The quantitative estimate of drug-likeness (QED) is 0.254. The lowest BCUT2D eigenvalue weighted by atomic mass is 10.1. The summed E-state index contributed by atoms with van der Waals surface area (Å²) in [5.74, 6) is 0.0821. The number of carbonyl (C=O) groups is 2. The summed E-state index contributed by atoms with van der Waals surface area (Å²) in [4.78, 5) is 23.2. The zero-order chi connectivity index (χ0) is 18.3. The standard InChI is InChI=1S/C20H29ClO4/c1-2-3-16-24-19(22)14-8-6-4-5-7-9-15-20(23)25-18-13-11-10-12-17(18)21/h10-13H,2-9,14-16H2,1H3. The number of hydrogen-bond acceptors (Lipinski definition) is 4. The molecule has 0 saturated heterocycles. The normalized spacial score (nSPS) is 10.5. The molecule has 0 aromatic heterocycles. The molecule has 0 fully saturated rings. The van der Waals surface area contributed by atoms with Gasteiger partial charge in [-0.15, -0.1) is 0 Å². The number of rotatable bonds is 13. The molecule has 0 aliphatic rings. The number of ether oxygens (including phenoxy) is 2. The average Bonchev–Trinajstić information content (AvgIpc) is 2.59. The number of halogens is 1. The minimum atomic E-state index is -0.247. The number of carbonyl (C=O) groups excluding carboxylic acids is 2. The van der Waals surface area contributed by atoms with E-state index in [-0.39, 0.29) is 11.9 Å². The molecule has 25 heavy (non-hydrogen) atoms. The molecule has 0 unspecified atom stereocenters. The zero-order valence-electron chi connectivity index (χ0n) is 15.1. The van der Waals surface area contributed by atoms with Crippen molar-refractivity contribution < 1.29 is 19.1 Å². The van der Waals surface area contributed by atoms with Gasteiger partial charge in [0.25, 0.3) is 0 Å². The van der Waals surface area contributed by atoms with Crippen molar-refractivity contribution in [3.8, 4) is 5.75 Å². The Morgan fingerprint density at radius 2 is 1.48 bits per heavy atom. The number of esters is 2. The summed E-state index contributed by atoms with van der Waals surface area (Å²) in [7, 11) is 0. The lowest BCUT2D eigenvalue weighted by Gasteiger charge is -2.06. The second-order valence-electron chi connectivity index (χ2n) is 6.10. The van der Waals surface area contributed by atoms with Crippen LogP contribution in [-0.4, -0.2) is 18.5 Å². The van der Waals surface area contributed by atoms with E-state index in [1.165, 1.54) is 0 Å². The highest BCUT2D eigenvalue weighted by Gasteiger charge is 2.07. The molecular formula is C20H29ClO4. The molecular weight excluding hydrogens is 340 g/mol. The summed E-state index contributed by atoms with van der Waals surface area (Å²) >= 11 is 5.95. The van der Waals surface area contributed by atoms with Gasteiger partial charge in [0.05, 0.1) is 11.6 Å². The van der Waals surface area contributed by atoms with E-state index in [1.54, 1.807) is 24.3 Å². The van der Waals surface area contributed by atoms with Gasteiger partial charge < -0.3 is 9.47 Å². The van der Waals surface area contributed by atoms with Crippen LogP contribution in [-0.2, 0) is 14.3 Å². The average molecular weight is 369 g/mol. The maximum atomic E-state index is 11.8. The molecule has 0 amide bonds. The fourth-order valence-electron chi connectivity index (χ4n) is 2.35. The van der Waals surface area contributed by atoms with Gasteiger partial charge in [0.1, 0.15) is 5.75 Å². The van der Waals surface area contributed by atoms with Crippen molar-refractivity contribution in [1.29, 1.82) is 0 Å². The van der Waals surface area contributed by atoms with E-state index in [0.29, 0.717) is 30.2 Å². The first-order valence-electron chi connectivity index (χ1n) is 9.24. The Labute approximate surface area is 155 Å². The highest BCUT2D eigenvalue weighted by atomic mass is 35.5. The first-order chi connectivity index (χ1) is 12.1. The van der Waals surface area contributed by atoms with Gasteiger partial charge in [-0.25, -0.2) is 0 Å². The highest BCUT2D eigenvalue weighted by molar-refractivity contribution is 6.32. The molecule has 1 aromatic carbocycles. The van der Waals surface area contributed by atoms with E-state index in [1.807, 2.05) is 0 Å². The summed E-state index contributed by atoms with van der Waals surface area (Å²) in [6, 6.07) is 6.97. The predicted molar refractivity (Wildman–Crippen MR) is 99.9 cm³/mol. The first-order valence-corrected chi connectivity index (χ1v) is 9.62. The van der Waals surface area contributed by atoms with Crippen molar-refractivity contribution in [3.63, 3.8) is 0 Å². The van der Waals surface area contributed by atoms with Crippen molar-refractivity contribution in [2.75, 3.05) is 6.61 Å². The van der Waals surface area contributed by atoms with Gasteiger partial charge in [0, 0.05) is 12.8 Å². The molecule has 4 nitrogen and oxygen atoms in total. The fourth-order valence-corrected chi connectivity index (χ4v) is 2.52. The second kappa shape index (κ2) is 13.7. The van der Waals surface area contributed by atoms with E-state index in [4.69, 9.17) is 21.1 Å². The van der Waals surface area contributed by atoms with Gasteiger partial charge in [-0.05, 0) is 31.4 Å². The molecule has 0 saturated carbocycles. The fraction of sp³-hybridized carbons (Fsp3) is 0.600. The van der Waals surface area contributed by atoms with Gasteiger partial charge in [0.15, 0.2) is 0 Å². The van der Waals surface area contributed by atoms with E-state index in [2.05, 4.69) is 6.92 Å². The van der Waals surface area contributed by atoms with E-state index in [0.717, 1.165) is 51.4 Å². The van der Waals surface area contributed by atoms with Gasteiger partial charge in [-0.3, -0.25) is 9.59 Å². The van der Waals surface area contributed by atoms with Crippen molar-refractivity contribution >= 4 is 23.5 Å². The Hall–Kier alpha value is -1.55. The SMILES string of the molecule is CCCCOC(=O)CCCCCCCCC(=O)Oc1ccccc1Cl. The molecule has 0 aliphatic carbocycles. The number of hydrogen-bond donors (Lipinski definition) is 0. The van der Waals surface area contributed by atoms with E-state index in [9.17, 15) is 9.59 Å². The Morgan fingerprint density at radius 3 is 2.12 bits per heavy atom. The van der Waals surface area contributed by atoms with E-state index >= 15 is 0 Å². The molecule has 0 spiro atoms. The summed E-state index contributed by atoms with van der Waals surface area (Å²) in [5, 5.41) is 0.448. The van der Waals surface area contributed by atoms with Crippen molar-refractivity contribution in [2.24, 2.45) is 0 Å². The maximum absolute atomic E-state index is 11.8. The highest BCUT2D eigenvalue weighted by Crippen LogP contribution is 2.23. The molecule has 0 aliphatic heterocycles. The van der Waals surface area contributed by atoms with Gasteiger partial charge in [-0.2, -0.15) is 0 Å². The molecule has 0 radical (unpaired) electrons. The van der Waals surface area contributed by atoms with Gasteiger partial charge >= 0.3 is 11.9 Å². The number of para-hydroxylation sites is 1. The third-order valence-electron chi connectivity index (χ3n) is 3.83. The molecule has 5 heteroatoms. The van der Waals surface area contributed by atoms with Crippen LogP contribution in [0.5, 0.6) is 5.75 Å². The third-order valence-corrected chi connectivity index (χ3v) is 4.15. The smallest absolute Gasteiger partial charge is 0.311 e. The molecule has 1 aromatic rings. The molecule has 0 bridgehead atoms. The summed E-state index contributed by atoms with van der Waals surface area (Å²) in [6.07, 6.45) is 8.70. The Morgan fingerprint density at radius 1 is 0.880 bits per heavy atom. The molecule has 0 N–H and O–H groups in total. The number of benzene rings is 1. The van der Waals surface area contributed by atoms with Crippen LogP contribution in [0.4, 0.5) is 0 Å². The monoisotopic (exact) mass is 368 g/mol. The minimum Gasteiger partial charge on any atom is -0.466 e. The van der Waals surface area contributed by atoms with Crippen LogP contribution in [0.25, 0.3) is 0 Å². The lowest BCUT2D eigenvalue weighted by Crippen LogP contribution is -2.07. The summed E-state index contributed by atoms with van der Waals surface area (Å²) in [5.41, 5.74) is 0. The van der Waals surface area contributed by atoms with Crippen LogP contribution in [0, 0.1) is 0 Å². The summed E-state index contributed by atoms with van der Waals surface area (Å²) in [6.45, 7) is 2.62. The molecule has 0 atom stereocenters. The second-order valence-corrected chi connectivity index (χ2v) is 6.51. The van der Waals surface area contributed by atoms with Crippen LogP contribution in [0.15, 0.2) is 24.3 Å². The van der Waals surface area contributed by atoms with Crippen LogP contribution < -0.4 is 4.74 Å². The zero-order valence-corrected chi connectivity index (χ0v) is 15.9. The first kappa shape index (κ1) is 21.5. The third kappa shape index (κ3) is 10.8. The minimum absolute atomic E-state index is 0.0873. The Kier molecular flexibility index (Phi) is 11.8. The van der Waals surface area contributed by atoms with Crippen LogP contribution >= 0.6 is 11.6 Å². The molecule has 0 heterocycles. The van der Waals surface area contributed by atoms with Crippen molar-refractivity contribution in [3.05, 3.63) is 29.3 Å². The largest absolute Gasteiger partial charge is 0.466 e. The molecule has 140 valence electrons. The topological polar surface area (TPSA) is 52.6 Å². The van der Waals surface area contributed by atoms with Gasteiger partial charge in [-0.1, -0.05) is 62.8 Å². The van der Waals surface area contributed by atoms with Crippen molar-refractivity contribution in [2.45, 2.75) is 71.1 Å².